The van der Waals surface area contributed by atoms with Crippen LogP contribution in [0.2, 0.25) is 0 Å². The molecule has 34 heavy (non-hydrogen) atoms. The predicted octanol–water partition coefficient (Wildman–Crippen LogP) is 3.53. The number of rotatable bonds is 8. The highest BCUT2D eigenvalue weighted by Gasteiger charge is 2.31. The van der Waals surface area contributed by atoms with Crippen LogP contribution in [0.4, 0.5) is 11.5 Å². The number of aromatic nitrogens is 2. The van der Waals surface area contributed by atoms with E-state index < -0.39 is 17.9 Å². The summed E-state index contributed by atoms with van der Waals surface area (Å²) in [6.45, 7) is 2.43. The summed E-state index contributed by atoms with van der Waals surface area (Å²) in [5, 5.41) is 19.7. The van der Waals surface area contributed by atoms with Gasteiger partial charge in [-0.3, -0.25) is 4.79 Å². The monoisotopic (exact) mass is 464 g/mol. The molecule has 176 valence electrons. The molecule has 1 aliphatic heterocycles. The van der Waals surface area contributed by atoms with Gasteiger partial charge in [-0.15, -0.1) is 0 Å². The van der Waals surface area contributed by atoms with Crippen LogP contribution in [-0.2, 0) is 4.79 Å². The number of anilines is 2. The maximum absolute atomic E-state index is 13.1. The number of amides is 1. The molecule has 2 heterocycles. The molecule has 1 aliphatic rings. The van der Waals surface area contributed by atoms with E-state index in [1.54, 1.807) is 42.5 Å². The summed E-state index contributed by atoms with van der Waals surface area (Å²) in [6, 6.07) is 11.5. The highest BCUT2D eigenvalue weighted by atomic mass is 16.5. The van der Waals surface area contributed by atoms with E-state index in [1.807, 2.05) is 6.92 Å². The first kappa shape index (κ1) is 22.7. The summed E-state index contributed by atoms with van der Waals surface area (Å²) >= 11 is 0. The van der Waals surface area contributed by atoms with Gasteiger partial charge in [0.25, 0.3) is 5.91 Å². The highest BCUT2D eigenvalue weighted by Crippen LogP contribution is 2.38. The minimum atomic E-state index is -1.17. The van der Waals surface area contributed by atoms with Crippen LogP contribution in [0.25, 0.3) is 0 Å². The van der Waals surface area contributed by atoms with Gasteiger partial charge in [-0.05, 0) is 55.5 Å². The Balaban J connectivity index is 1.70. The predicted molar refractivity (Wildman–Crippen MR) is 125 cm³/mol. The Morgan fingerprint density at radius 3 is 2.50 bits per heavy atom. The number of nitrogens with one attached hydrogen (secondary N) is 2. The number of carboxylic acid groups (broad SMARTS) is 1. The van der Waals surface area contributed by atoms with E-state index >= 15 is 0 Å². The maximum atomic E-state index is 13.1. The van der Waals surface area contributed by atoms with Crippen molar-refractivity contribution in [1.82, 2.24) is 9.78 Å². The molecule has 1 aromatic heterocycles. The number of allylic oxidation sites excluding steroid dienone is 1. The van der Waals surface area contributed by atoms with E-state index in [-0.39, 0.29) is 17.1 Å². The fourth-order valence-electron chi connectivity index (χ4n) is 3.68. The lowest BCUT2D eigenvalue weighted by Gasteiger charge is -2.26. The Morgan fingerprint density at radius 2 is 1.85 bits per heavy atom. The molecule has 1 atom stereocenters. The van der Waals surface area contributed by atoms with Gasteiger partial charge >= 0.3 is 5.97 Å². The third-order valence-corrected chi connectivity index (χ3v) is 5.29. The molecule has 4 rings (SSSR count). The zero-order chi connectivity index (χ0) is 24.2. The summed E-state index contributed by atoms with van der Waals surface area (Å²) in [5.74, 6) is 0.421. The highest BCUT2D eigenvalue weighted by molar-refractivity contribution is 6.08. The van der Waals surface area contributed by atoms with E-state index in [9.17, 15) is 14.7 Å². The van der Waals surface area contributed by atoms with Crippen LogP contribution in [0.1, 0.15) is 28.9 Å². The Hall–Kier alpha value is -4.47. The van der Waals surface area contributed by atoms with Crippen molar-refractivity contribution in [3.63, 3.8) is 0 Å². The Morgan fingerprint density at radius 1 is 1.12 bits per heavy atom. The van der Waals surface area contributed by atoms with Gasteiger partial charge in [-0.2, -0.15) is 5.10 Å². The third kappa shape index (κ3) is 4.38. The van der Waals surface area contributed by atoms with E-state index in [0.717, 1.165) is 0 Å². The number of hydrogen-bond donors (Lipinski definition) is 3. The van der Waals surface area contributed by atoms with Crippen molar-refractivity contribution in [3.05, 3.63) is 71.6 Å². The number of carboxylic acids is 1. The molecule has 0 saturated carbocycles. The first-order chi connectivity index (χ1) is 16.4. The average molecular weight is 464 g/mol. The standard InChI is InChI=1S/C24H24N4O6/c1-4-34-15-7-5-14(6-8-15)26-23(29)18-13-25-28-20(12-19(24(30)31)27-22(18)28)17-11-16(32-2)9-10-21(17)33-3/h5-13,20,27H,4H2,1-3H3,(H,26,29)(H,30,31). The van der Waals surface area contributed by atoms with E-state index in [2.05, 4.69) is 15.7 Å². The minimum absolute atomic E-state index is 0.0852. The molecule has 0 fully saturated rings. The molecule has 3 aromatic rings. The zero-order valence-corrected chi connectivity index (χ0v) is 18.9. The number of carbonyl (C=O) groups is 2. The van der Waals surface area contributed by atoms with Crippen molar-refractivity contribution in [2.45, 2.75) is 13.0 Å². The summed E-state index contributed by atoms with van der Waals surface area (Å²) in [4.78, 5) is 24.9. The van der Waals surface area contributed by atoms with Crippen LogP contribution in [0.3, 0.4) is 0 Å². The second-order valence-electron chi connectivity index (χ2n) is 7.33. The van der Waals surface area contributed by atoms with E-state index in [0.29, 0.717) is 35.1 Å². The number of nitrogens with zero attached hydrogens (tertiary/aromatic N) is 2. The Kier molecular flexibility index (Phi) is 6.39. The van der Waals surface area contributed by atoms with Gasteiger partial charge in [0.2, 0.25) is 0 Å². The lowest BCUT2D eigenvalue weighted by molar-refractivity contribution is -0.132. The smallest absolute Gasteiger partial charge is 0.352 e. The Labute approximate surface area is 195 Å². The number of methoxy groups -OCH3 is 2. The summed E-state index contributed by atoms with van der Waals surface area (Å²) in [7, 11) is 3.06. The van der Waals surface area contributed by atoms with Crippen LogP contribution in [0, 0.1) is 0 Å². The fraction of sp³-hybridized carbons (Fsp3) is 0.208. The van der Waals surface area contributed by atoms with Crippen molar-refractivity contribution in [1.29, 1.82) is 0 Å². The lowest BCUT2D eigenvalue weighted by Crippen LogP contribution is -2.26. The maximum Gasteiger partial charge on any atom is 0.352 e. The zero-order valence-electron chi connectivity index (χ0n) is 18.9. The number of fused-ring (bicyclic) bond motifs is 1. The number of benzene rings is 2. The molecule has 0 saturated heterocycles. The second-order valence-corrected chi connectivity index (χ2v) is 7.33. The van der Waals surface area contributed by atoms with Crippen molar-refractivity contribution < 1.29 is 28.9 Å². The molecule has 0 spiro atoms. The van der Waals surface area contributed by atoms with E-state index in [4.69, 9.17) is 14.2 Å². The molecule has 0 bridgehead atoms. The SMILES string of the molecule is CCOc1ccc(NC(=O)c2cnn3c2NC(C(=O)O)=CC3c2cc(OC)ccc2OC)cc1. The summed E-state index contributed by atoms with van der Waals surface area (Å²) in [6.07, 6.45) is 2.90. The van der Waals surface area contributed by atoms with Crippen LogP contribution in [0.5, 0.6) is 17.2 Å². The van der Waals surface area contributed by atoms with Crippen LogP contribution in [-0.4, -0.2) is 47.6 Å². The molecular weight excluding hydrogens is 440 g/mol. The topological polar surface area (TPSA) is 124 Å². The molecule has 0 aliphatic carbocycles. The quantitative estimate of drug-likeness (QED) is 0.463. The van der Waals surface area contributed by atoms with Crippen molar-refractivity contribution in [3.8, 4) is 17.2 Å². The summed E-state index contributed by atoms with van der Waals surface area (Å²) < 4.78 is 17.8. The normalized spacial score (nSPS) is 14.3. The fourth-order valence-corrected chi connectivity index (χ4v) is 3.68. The minimum Gasteiger partial charge on any atom is -0.497 e. The molecular formula is C24H24N4O6. The van der Waals surface area contributed by atoms with Crippen LogP contribution < -0.4 is 24.8 Å². The van der Waals surface area contributed by atoms with Crippen molar-refractivity contribution >= 4 is 23.4 Å². The van der Waals surface area contributed by atoms with E-state index in [1.165, 1.54) is 31.2 Å². The number of aliphatic carboxylic acids is 1. The molecule has 10 nitrogen and oxygen atoms in total. The molecule has 1 unspecified atom stereocenters. The number of ether oxygens (including phenoxy) is 3. The third-order valence-electron chi connectivity index (χ3n) is 5.29. The Bertz CT molecular complexity index is 1250. The lowest BCUT2D eigenvalue weighted by atomic mass is 10.0. The second kappa shape index (κ2) is 9.57. The van der Waals surface area contributed by atoms with Gasteiger partial charge in [0.15, 0.2) is 0 Å². The number of carbonyl (C=O) groups excluding carboxylic acids is 1. The first-order valence-corrected chi connectivity index (χ1v) is 10.5. The molecule has 3 N–H and O–H groups in total. The van der Waals surface area contributed by atoms with Gasteiger partial charge in [0, 0.05) is 11.3 Å². The van der Waals surface area contributed by atoms with Gasteiger partial charge in [-0.1, -0.05) is 0 Å². The van der Waals surface area contributed by atoms with Gasteiger partial charge in [-0.25, -0.2) is 9.48 Å². The molecule has 1 amide bonds. The molecule has 10 heteroatoms. The van der Waals surface area contributed by atoms with Gasteiger partial charge < -0.3 is 30.0 Å². The molecule has 2 aromatic carbocycles. The van der Waals surface area contributed by atoms with Crippen LogP contribution in [0.15, 0.2) is 60.4 Å². The average Bonchev–Trinajstić information content (AvgIpc) is 3.28. The largest absolute Gasteiger partial charge is 0.497 e. The number of hydrogen-bond acceptors (Lipinski definition) is 7. The molecule has 0 radical (unpaired) electrons. The van der Waals surface area contributed by atoms with Crippen molar-refractivity contribution in [2.24, 2.45) is 0 Å². The van der Waals surface area contributed by atoms with Crippen molar-refractivity contribution in [2.75, 3.05) is 31.5 Å². The van der Waals surface area contributed by atoms with Gasteiger partial charge in [0.1, 0.15) is 40.4 Å². The van der Waals surface area contributed by atoms with Crippen LogP contribution >= 0.6 is 0 Å². The summed E-state index contributed by atoms with van der Waals surface area (Å²) in [5.41, 5.74) is 1.29. The first-order valence-electron chi connectivity index (χ1n) is 10.5. The van der Waals surface area contributed by atoms with Gasteiger partial charge in [0.05, 0.1) is 27.0 Å².